The lowest BCUT2D eigenvalue weighted by Crippen LogP contribution is -2.36. The smallest absolute Gasteiger partial charge is 0.306 e. The van der Waals surface area contributed by atoms with E-state index in [0.29, 0.717) is 10.3 Å². The zero-order valence-electron chi connectivity index (χ0n) is 9.44. The first-order valence-corrected chi connectivity index (χ1v) is 6.72. The number of carbonyl (C=O) groups is 1. The molecule has 1 heterocycles. The Labute approximate surface area is 110 Å². The van der Waals surface area contributed by atoms with Gasteiger partial charge in [0, 0.05) is 5.92 Å². The monoisotopic (exact) mass is 330 g/mol. The predicted octanol–water partition coefficient (Wildman–Crippen LogP) is 3.22. The number of ether oxygens (including phenoxy) is 1. The molecular weight excluding hydrogens is 315 g/mol. The Morgan fingerprint density at radius 1 is 1.31 bits per heavy atom. The molecule has 0 unspecified atom stereocenters. The molecule has 0 bridgehead atoms. The van der Waals surface area contributed by atoms with Crippen molar-refractivity contribution >= 4 is 28.6 Å². The van der Waals surface area contributed by atoms with Gasteiger partial charge in [0.2, 0.25) is 0 Å². The molecule has 16 heavy (non-hydrogen) atoms. The summed E-state index contributed by atoms with van der Waals surface area (Å²) in [5.74, 6) is 0.212. The van der Waals surface area contributed by atoms with Gasteiger partial charge in [-0.3, -0.25) is 4.79 Å². The van der Waals surface area contributed by atoms with E-state index >= 15 is 0 Å². The fourth-order valence-corrected chi connectivity index (χ4v) is 2.87. The average molecular weight is 330 g/mol. The Kier molecular flexibility index (Phi) is 3.52. The minimum absolute atomic E-state index is 0.00755. The fraction of sp³-hybridized carbons (Fsp3) is 0.462. The van der Waals surface area contributed by atoms with Crippen molar-refractivity contribution in [2.45, 2.75) is 36.2 Å². The molecule has 0 spiro atoms. The second kappa shape index (κ2) is 4.73. The van der Waals surface area contributed by atoms with Crippen LogP contribution < -0.4 is 0 Å². The number of rotatable bonds is 1. The highest BCUT2D eigenvalue weighted by Gasteiger charge is 2.35. The van der Waals surface area contributed by atoms with Gasteiger partial charge in [0.15, 0.2) is 0 Å². The first-order chi connectivity index (χ1) is 7.58. The molecule has 2 nitrogen and oxygen atoms in total. The van der Waals surface area contributed by atoms with Gasteiger partial charge in [-0.15, -0.1) is 0 Å². The minimum atomic E-state index is -0.0778. The third kappa shape index (κ3) is 2.39. The van der Waals surface area contributed by atoms with Crippen LogP contribution in [0.4, 0.5) is 0 Å². The Bertz CT molecular complexity index is 385. The number of hydrogen-bond donors (Lipinski definition) is 0. The van der Waals surface area contributed by atoms with Crippen molar-refractivity contribution in [3.8, 4) is 0 Å². The molecule has 1 aliphatic heterocycles. The normalized spacial score (nSPS) is 29.9. The van der Waals surface area contributed by atoms with Crippen LogP contribution in [0.3, 0.4) is 0 Å². The van der Waals surface area contributed by atoms with Gasteiger partial charge in [-0.1, -0.05) is 52.4 Å². The Hall–Kier alpha value is -0.580. The van der Waals surface area contributed by atoms with Gasteiger partial charge in [0.25, 0.3) is 0 Å². The second-order valence-electron chi connectivity index (χ2n) is 4.36. The number of esters is 1. The van der Waals surface area contributed by atoms with Crippen LogP contribution in [0.1, 0.15) is 30.4 Å². The summed E-state index contributed by atoms with van der Waals surface area (Å²) in [4.78, 5) is 11.4. The van der Waals surface area contributed by atoms with E-state index in [4.69, 9.17) is 4.74 Å². The Morgan fingerprint density at radius 3 is 2.56 bits per heavy atom. The molecule has 0 radical (unpaired) electrons. The minimum Gasteiger partial charge on any atom is -0.461 e. The lowest BCUT2D eigenvalue weighted by atomic mass is 9.88. The van der Waals surface area contributed by atoms with Gasteiger partial charge in [-0.2, -0.15) is 0 Å². The molecule has 0 aromatic heterocycles. The number of halogens is 1. The van der Waals surface area contributed by atoms with Gasteiger partial charge >= 0.3 is 5.97 Å². The van der Waals surface area contributed by atoms with Gasteiger partial charge in [0.1, 0.15) is 6.10 Å². The standard InChI is InChI=1S/C13H15IO2/c1-8-3-5-10(6-4-8)11-7-12(15)16-9(2)13(11)14/h3-6,9,11,13H,7H2,1-2H3/t9-,11+,13-/m1/s1. The van der Waals surface area contributed by atoms with Gasteiger partial charge in [0.05, 0.1) is 10.3 Å². The molecule has 0 amide bonds. The summed E-state index contributed by atoms with van der Waals surface area (Å²) in [5, 5.41) is 0. The van der Waals surface area contributed by atoms with Crippen molar-refractivity contribution in [3.63, 3.8) is 0 Å². The molecule has 0 N–H and O–H groups in total. The van der Waals surface area contributed by atoms with Crippen LogP contribution in [-0.4, -0.2) is 16.0 Å². The quantitative estimate of drug-likeness (QED) is 0.449. The summed E-state index contributed by atoms with van der Waals surface area (Å²) in [6.45, 7) is 4.04. The van der Waals surface area contributed by atoms with Gasteiger partial charge < -0.3 is 4.74 Å². The summed E-state index contributed by atoms with van der Waals surface area (Å²) in [7, 11) is 0. The van der Waals surface area contributed by atoms with E-state index in [0.717, 1.165) is 0 Å². The SMILES string of the molecule is Cc1ccc([C@@H]2CC(=O)O[C@H](C)[C@H]2I)cc1. The summed E-state index contributed by atoms with van der Waals surface area (Å²) in [5.41, 5.74) is 2.49. The molecule has 0 saturated carbocycles. The van der Waals surface area contributed by atoms with Crippen LogP contribution >= 0.6 is 22.6 Å². The number of hydrogen-bond acceptors (Lipinski definition) is 2. The predicted molar refractivity (Wildman–Crippen MR) is 71.9 cm³/mol. The molecule has 1 saturated heterocycles. The van der Waals surface area contributed by atoms with E-state index in [-0.39, 0.29) is 18.0 Å². The van der Waals surface area contributed by atoms with Crippen molar-refractivity contribution < 1.29 is 9.53 Å². The van der Waals surface area contributed by atoms with E-state index in [1.807, 2.05) is 6.92 Å². The number of alkyl halides is 1. The number of aryl methyl sites for hydroxylation is 1. The second-order valence-corrected chi connectivity index (χ2v) is 5.80. The molecule has 0 aliphatic carbocycles. The maximum absolute atomic E-state index is 11.4. The highest BCUT2D eigenvalue weighted by molar-refractivity contribution is 14.1. The summed E-state index contributed by atoms with van der Waals surface area (Å²) < 4.78 is 5.59. The van der Waals surface area contributed by atoms with Crippen LogP contribution in [0.25, 0.3) is 0 Å². The number of carbonyl (C=O) groups excluding carboxylic acids is 1. The van der Waals surface area contributed by atoms with Crippen molar-refractivity contribution in [1.29, 1.82) is 0 Å². The molecular formula is C13H15IO2. The maximum Gasteiger partial charge on any atom is 0.306 e. The summed E-state index contributed by atoms with van der Waals surface area (Å²) >= 11 is 2.39. The van der Waals surface area contributed by atoms with Gasteiger partial charge in [-0.05, 0) is 19.4 Å². The zero-order chi connectivity index (χ0) is 11.7. The zero-order valence-corrected chi connectivity index (χ0v) is 11.6. The topological polar surface area (TPSA) is 26.3 Å². The third-order valence-corrected chi connectivity index (χ3v) is 4.92. The first kappa shape index (κ1) is 11.9. The van der Waals surface area contributed by atoms with E-state index in [1.165, 1.54) is 11.1 Å². The fourth-order valence-electron chi connectivity index (χ4n) is 2.06. The van der Waals surface area contributed by atoms with Crippen LogP contribution in [-0.2, 0) is 9.53 Å². The van der Waals surface area contributed by atoms with Crippen LogP contribution in [0, 0.1) is 6.92 Å². The molecule has 3 atom stereocenters. The number of benzene rings is 1. The highest BCUT2D eigenvalue weighted by Crippen LogP contribution is 2.36. The molecule has 2 rings (SSSR count). The summed E-state index contributed by atoms with van der Waals surface area (Å²) in [6, 6.07) is 8.45. The van der Waals surface area contributed by atoms with Crippen LogP contribution in [0.2, 0.25) is 0 Å². The van der Waals surface area contributed by atoms with E-state index in [1.54, 1.807) is 0 Å². The van der Waals surface area contributed by atoms with Gasteiger partial charge in [-0.25, -0.2) is 0 Å². The highest BCUT2D eigenvalue weighted by atomic mass is 127. The molecule has 86 valence electrons. The molecule has 3 heteroatoms. The van der Waals surface area contributed by atoms with Crippen molar-refractivity contribution in [2.24, 2.45) is 0 Å². The maximum atomic E-state index is 11.4. The van der Waals surface area contributed by atoms with E-state index in [9.17, 15) is 4.79 Å². The molecule has 1 aromatic rings. The third-order valence-electron chi connectivity index (χ3n) is 3.04. The lowest BCUT2D eigenvalue weighted by molar-refractivity contribution is -0.152. The average Bonchev–Trinajstić information content (AvgIpc) is 2.25. The molecule has 1 aromatic carbocycles. The van der Waals surface area contributed by atoms with E-state index < -0.39 is 0 Å². The Morgan fingerprint density at radius 2 is 1.94 bits per heavy atom. The molecule has 1 aliphatic rings. The Balaban J connectivity index is 2.25. The lowest BCUT2D eigenvalue weighted by Gasteiger charge is -2.32. The summed E-state index contributed by atoms with van der Waals surface area (Å²) in [6.07, 6.45) is 0.509. The largest absolute Gasteiger partial charge is 0.461 e. The first-order valence-electron chi connectivity index (χ1n) is 5.48. The van der Waals surface area contributed by atoms with Crippen molar-refractivity contribution in [2.75, 3.05) is 0 Å². The number of cyclic esters (lactones) is 1. The molecule has 1 fully saturated rings. The van der Waals surface area contributed by atoms with Crippen LogP contribution in [0.15, 0.2) is 24.3 Å². The van der Waals surface area contributed by atoms with Crippen molar-refractivity contribution in [1.82, 2.24) is 0 Å². The van der Waals surface area contributed by atoms with Crippen molar-refractivity contribution in [3.05, 3.63) is 35.4 Å². The van der Waals surface area contributed by atoms with Crippen LogP contribution in [0.5, 0.6) is 0 Å². The van der Waals surface area contributed by atoms with E-state index in [2.05, 4.69) is 53.8 Å².